The average molecular weight is 839 g/mol. The van der Waals surface area contributed by atoms with Crippen molar-refractivity contribution in [3.63, 3.8) is 0 Å². The molecule has 0 saturated carbocycles. The number of rotatable bonds is 37. The molecule has 0 aromatic rings. The van der Waals surface area contributed by atoms with Crippen LogP contribution in [-0.2, 0) is 41.8 Å². The van der Waals surface area contributed by atoms with E-state index in [0.717, 1.165) is 70.1 Å². The van der Waals surface area contributed by atoms with Crippen LogP contribution >= 0.6 is 15.6 Å². The molecule has 0 spiro atoms. The summed E-state index contributed by atoms with van der Waals surface area (Å²) in [6, 6.07) is 0. The zero-order valence-corrected chi connectivity index (χ0v) is 35.8. The average Bonchev–Trinajstić information content (AvgIpc) is 3.12. The molecule has 0 aliphatic heterocycles. The van der Waals surface area contributed by atoms with Crippen LogP contribution in [0, 0.1) is 5.92 Å². The molecular formula is C40H72O14P2. The summed E-state index contributed by atoms with van der Waals surface area (Å²) in [5.74, 6) is -0.390. The maximum atomic E-state index is 12.6. The van der Waals surface area contributed by atoms with Gasteiger partial charge < -0.3 is 34.4 Å². The van der Waals surface area contributed by atoms with Gasteiger partial charge in [-0.15, -0.1) is 0 Å². The lowest BCUT2D eigenvalue weighted by Crippen LogP contribution is -2.30. The van der Waals surface area contributed by atoms with Crippen molar-refractivity contribution in [1.29, 1.82) is 0 Å². The van der Waals surface area contributed by atoms with Crippen molar-refractivity contribution >= 4 is 27.6 Å². The largest absolute Gasteiger partial charge is 0.472 e. The van der Waals surface area contributed by atoms with Crippen LogP contribution in [0.1, 0.15) is 143 Å². The smallest absolute Gasteiger partial charge is 0.462 e. The van der Waals surface area contributed by atoms with Gasteiger partial charge in [-0.25, -0.2) is 9.13 Å². The molecule has 0 aliphatic carbocycles. The van der Waals surface area contributed by atoms with Crippen molar-refractivity contribution in [2.75, 3.05) is 26.4 Å². The highest BCUT2D eigenvalue weighted by Crippen LogP contribution is 2.43. The SMILES string of the molecule is CC(C)CCCCCCCCCCC(=O)O[C@H](COC(=O)CCC/C=C\C/C=C\C/C=C\C/C=C\CCC[C@@H](C)O)COP(=O)(O)OC[C@@H](O)COP(=O)(O)O. The van der Waals surface area contributed by atoms with Crippen LogP contribution in [0.2, 0.25) is 0 Å². The molecule has 0 bridgehead atoms. The molecule has 1 unspecified atom stereocenters. The van der Waals surface area contributed by atoms with Crippen LogP contribution in [0.5, 0.6) is 0 Å². The van der Waals surface area contributed by atoms with Crippen molar-refractivity contribution in [2.24, 2.45) is 5.92 Å². The van der Waals surface area contributed by atoms with Gasteiger partial charge >= 0.3 is 27.6 Å². The maximum Gasteiger partial charge on any atom is 0.472 e. The Bertz CT molecular complexity index is 1210. The number of phosphoric acid groups is 2. The number of carbonyl (C=O) groups is 2. The van der Waals surface area contributed by atoms with E-state index in [1.54, 1.807) is 6.92 Å². The Balaban J connectivity index is 4.63. The first-order valence-corrected chi connectivity index (χ1v) is 23.2. The Morgan fingerprint density at radius 1 is 0.554 bits per heavy atom. The van der Waals surface area contributed by atoms with Gasteiger partial charge in [0.05, 0.1) is 25.9 Å². The van der Waals surface area contributed by atoms with Gasteiger partial charge in [0.2, 0.25) is 0 Å². The predicted octanol–water partition coefficient (Wildman–Crippen LogP) is 8.72. The molecule has 0 aromatic heterocycles. The molecular weight excluding hydrogens is 766 g/mol. The topological polar surface area (TPSA) is 216 Å². The quantitative estimate of drug-likeness (QED) is 0.0171. The molecule has 5 N–H and O–H groups in total. The van der Waals surface area contributed by atoms with Gasteiger partial charge in [0.15, 0.2) is 6.10 Å². The van der Waals surface area contributed by atoms with Gasteiger partial charge in [0, 0.05) is 12.8 Å². The number of carbonyl (C=O) groups excluding carboxylic acids is 2. The van der Waals surface area contributed by atoms with Gasteiger partial charge in [0.25, 0.3) is 0 Å². The van der Waals surface area contributed by atoms with Crippen LogP contribution in [0.15, 0.2) is 48.6 Å². The number of unbranched alkanes of at least 4 members (excludes halogenated alkanes) is 9. The highest BCUT2D eigenvalue weighted by molar-refractivity contribution is 7.47. The third-order valence-corrected chi connectivity index (χ3v) is 9.59. The van der Waals surface area contributed by atoms with Gasteiger partial charge in [0.1, 0.15) is 12.7 Å². The molecule has 0 radical (unpaired) electrons. The fourth-order valence-electron chi connectivity index (χ4n) is 5.07. The lowest BCUT2D eigenvalue weighted by atomic mass is 10.0. The third-order valence-electron chi connectivity index (χ3n) is 8.16. The van der Waals surface area contributed by atoms with E-state index >= 15 is 0 Å². The summed E-state index contributed by atoms with van der Waals surface area (Å²) in [7, 11) is -9.69. The summed E-state index contributed by atoms with van der Waals surface area (Å²) in [5.41, 5.74) is 0. The number of aliphatic hydroxyl groups is 2. The van der Waals surface area contributed by atoms with Gasteiger partial charge in [-0.3, -0.25) is 23.2 Å². The molecule has 326 valence electrons. The van der Waals surface area contributed by atoms with E-state index in [-0.39, 0.29) is 18.9 Å². The van der Waals surface area contributed by atoms with Crippen LogP contribution in [-0.4, -0.2) is 81.6 Å². The molecule has 0 saturated heterocycles. The van der Waals surface area contributed by atoms with Crippen molar-refractivity contribution in [1.82, 2.24) is 0 Å². The second kappa shape index (κ2) is 35.0. The Hall–Kier alpha value is -1.96. The van der Waals surface area contributed by atoms with E-state index in [0.29, 0.717) is 19.3 Å². The zero-order chi connectivity index (χ0) is 41.9. The number of ether oxygens (including phenoxy) is 2. The standard InChI is InChI=1S/C40H72O14P2/c1-35(2)27-23-19-15-13-14-18-22-26-30-40(44)54-38(34-53-56(48,49)52-32-37(42)31-51-55(45,46)47)33-50-39(43)29-25-21-17-12-10-8-6-4-5-7-9-11-16-20-24-28-36(3)41/h5-8,11-12,16-17,35-38,41-42H,4,9-10,13-15,18-34H2,1-3H3,(H,48,49)(H2,45,46,47)/b7-5-,8-6-,16-11-,17-12-/t36-,37+,38-/m1/s1. The Labute approximate surface area is 335 Å². The summed E-state index contributed by atoms with van der Waals surface area (Å²) in [6.45, 7) is 3.47. The second-order valence-corrected chi connectivity index (χ2v) is 17.0. The zero-order valence-electron chi connectivity index (χ0n) is 34.0. The van der Waals surface area contributed by atoms with Crippen molar-refractivity contribution in [2.45, 2.75) is 161 Å². The molecule has 0 aromatic carbocycles. The molecule has 4 atom stereocenters. The summed E-state index contributed by atoms with van der Waals surface area (Å²) in [6.07, 6.45) is 29.9. The molecule has 0 fully saturated rings. The number of hydrogen-bond acceptors (Lipinski definition) is 11. The van der Waals surface area contributed by atoms with Crippen molar-refractivity contribution in [3.05, 3.63) is 48.6 Å². The summed E-state index contributed by atoms with van der Waals surface area (Å²) >= 11 is 0. The first kappa shape index (κ1) is 54.0. The van der Waals surface area contributed by atoms with E-state index in [9.17, 15) is 33.8 Å². The molecule has 16 heteroatoms. The second-order valence-electron chi connectivity index (χ2n) is 14.3. The van der Waals surface area contributed by atoms with Crippen molar-refractivity contribution < 1.29 is 66.7 Å². The Morgan fingerprint density at radius 2 is 1.04 bits per heavy atom. The van der Waals surface area contributed by atoms with Gasteiger partial charge in [-0.1, -0.05) is 114 Å². The molecule has 14 nitrogen and oxygen atoms in total. The number of allylic oxidation sites excluding steroid dienone is 8. The first-order chi connectivity index (χ1) is 26.6. The number of esters is 2. The number of aliphatic hydroxyl groups excluding tert-OH is 2. The molecule has 0 rings (SSSR count). The summed E-state index contributed by atoms with van der Waals surface area (Å²) in [5, 5.41) is 19.0. The van der Waals surface area contributed by atoms with Crippen molar-refractivity contribution in [3.8, 4) is 0 Å². The third kappa shape index (κ3) is 40.2. The lowest BCUT2D eigenvalue weighted by molar-refractivity contribution is -0.161. The Morgan fingerprint density at radius 3 is 1.59 bits per heavy atom. The van der Waals surface area contributed by atoms with E-state index in [1.807, 2.05) is 12.2 Å². The Kier molecular flexibility index (Phi) is 33.8. The fraction of sp³-hybridized carbons (Fsp3) is 0.750. The van der Waals surface area contributed by atoms with Gasteiger partial charge in [-0.05, 0) is 70.6 Å². The molecule has 0 heterocycles. The summed E-state index contributed by atoms with van der Waals surface area (Å²) in [4.78, 5) is 52.5. The fourth-order valence-corrected chi connectivity index (χ4v) is 6.23. The lowest BCUT2D eigenvalue weighted by Gasteiger charge is -2.20. The predicted molar refractivity (Wildman–Crippen MR) is 217 cm³/mol. The van der Waals surface area contributed by atoms with E-state index in [4.69, 9.17) is 23.8 Å². The number of phosphoric ester groups is 2. The van der Waals surface area contributed by atoms with Gasteiger partial charge in [-0.2, -0.15) is 0 Å². The summed E-state index contributed by atoms with van der Waals surface area (Å²) < 4.78 is 47.5. The van der Waals surface area contributed by atoms with Crippen LogP contribution in [0.25, 0.3) is 0 Å². The maximum absolute atomic E-state index is 12.6. The van der Waals surface area contributed by atoms with Crippen LogP contribution in [0.3, 0.4) is 0 Å². The molecule has 0 amide bonds. The molecule has 56 heavy (non-hydrogen) atoms. The van der Waals surface area contributed by atoms with E-state index in [1.165, 1.54) is 25.7 Å². The van der Waals surface area contributed by atoms with Crippen LogP contribution in [0.4, 0.5) is 0 Å². The minimum atomic E-state index is -4.87. The highest BCUT2D eigenvalue weighted by atomic mass is 31.2. The monoisotopic (exact) mass is 838 g/mol. The number of hydrogen-bond donors (Lipinski definition) is 5. The first-order valence-electron chi connectivity index (χ1n) is 20.2. The van der Waals surface area contributed by atoms with E-state index < -0.39 is 66.2 Å². The van der Waals surface area contributed by atoms with Crippen LogP contribution < -0.4 is 0 Å². The minimum absolute atomic E-state index is 0.107. The minimum Gasteiger partial charge on any atom is -0.462 e. The normalized spacial score (nSPS) is 15.3. The highest BCUT2D eigenvalue weighted by Gasteiger charge is 2.28. The van der Waals surface area contributed by atoms with E-state index in [2.05, 4.69) is 59.4 Å². The molecule has 0 aliphatic rings.